The second kappa shape index (κ2) is 4.26. The Bertz CT molecular complexity index is 490. The molecule has 15 heavy (non-hydrogen) atoms. The molecule has 0 amide bonds. The van der Waals surface area contributed by atoms with Crippen LogP contribution in [-0.2, 0) is 10.0 Å². The van der Waals surface area contributed by atoms with Crippen LogP contribution in [-0.4, -0.2) is 13.4 Å². The Hall–Kier alpha value is -0.350. The highest BCUT2D eigenvalue weighted by Gasteiger charge is 2.22. The number of aryl methyl sites for hydroxylation is 1. The Balaban J connectivity index is 3.56. The maximum Gasteiger partial charge on any atom is 0.281 e. The van der Waals surface area contributed by atoms with Gasteiger partial charge in [-0.2, -0.15) is 0 Å². The van der Waals surface area contributed by atoms with Crippen molar-refractivity contribution >= 4 is 32.6 Å². The van der Waals surface area contributed by atoms with Crippen LogP contribution in [0, 0.1) is 10.5 Å². The minimum atomic E-state index is -3.99. The SMILES string of the molecule is Cc1cc(S(N)(=O)=O)c(I)c(C(F)F)n1. The average Bonchev–Trinajstić information content (AvgIpc) is 2.06. The zero-order chi connectivity index (χ0) is 11.8. The average molecular weight is 348 g/mol. The molecular formula is C7H7F2IN2O2S. The molecule has 0 spiro atoms. The molecule has 1 aromatic heterocycles. The van der Waals surface area contributed by atoms with Gasteiger partial charge in [-0.3, -0.25) is 4.98 Å². The van der Waals surface area contributed by atoms with E-state index in [4.69, 9.17) is 5.14 Å². The molecule has 84 valence electrons. The van der Waals surface area contributed by atoms with E-state index in [9.17, 15) is 17.2 Å². The minimum Gasteiger partial charge on any atom is -0.251 e. The number of pyridine rings is 1. The smallest absolute Gasteiger partial charge is 0.251 e. The number of nitrogens with zero attached hydrogens (tertiary/aromatic N) is 1. The third-order valence-electron chi connectivity index (χ3n) is 1.59. The maximum absolute atomic E-state index is 12.5. The number of hydrogen-bond acceptors (Lipinski definition) is 3. The third kappa shape index (κ3) is 2.82. The Labute approximate surface area is 99.1 Å². The molecule has 1 heterocycles. The summed E-state index contributed by atoms with van der Waals surface area (Å²) in [5, 5.41) is 4.89. The van der Waals surface area contributed by atoms with Gasteiger partial charge in [0.1, 0.15) is 5.69 Å². The van der Waals surface area contributed by atoms with Crippen molar-refractivity contribution in [2.45, 2.75) is 18.2 Å². The Morgan fingerprint density at radius 2 is 2.07 bits per heavy atom. The standard InChI is InChI=1S/C7H7F2IN2O2S/c1-3-2-4(15(11,13)14)5(10)6(12-3)7(8)9/h2,7H,1H3,(H2,11,13,14). The predicted octanol–water partition coefficient (Wildman–Crippen LogP) is 1.58. The van der Waals surface area contributed by atoms with Gasteiger partial charge in [-0.1, -0.05) is 0 Å². The summed E-state index contributed by atoms with van der Waals surface area (Å²) >= 11 is 1.50. The van der Waals surface area contributed by atoms with Gasteiger partial charge in [0.05, 0.1) is 8.47 Å². The van der Waals surface area contributed by atoms with E-state index in [0.717, 1.165) is 0 Å². The number of hydrogen-bond donors (Lipinski definition) is 1. The monoisotopic (exact) mass is 348 g/mol. The molecule has 0 bridgehead atoms. The second-order valence-corrected chi connectivity index (χ2v) is 5.42. The summed E-state index contributed by atoms with van der Waals surface area (Å²) in [6.07, 6.45) is -2.82. The lowest BCUT2D eigenvalue weighted by Crippen LogP contribution is -2.16. The van der Waals surface area contributed by atoms with E-state index in [1.54, 1.807) is 0 Å². The van der Waals surface area contributed by atoms with Crippen molar-refractivity contribution in [1.29, 1.82) is 0 Å². The van der Waals surface area contributed by atoms with Crippen molar-refractivity contribution in [3.63, 3.8) is 0 Å². The number of alkyl halides is 2. The van der Waals surface area contributed by atoms with Crippen LogP contribution in [0.25, 0.3) is 0 Å². The van der Waals surface area contributed by atoms with Gasteiger partial charge in [-0.15, -0.1) is 0 Å². The lowest BCUT2D eigenvalue weighted by Gasteiger charge is -2.08. The highest BCUT2D eigenvalue weighted by molar-refractivity contribution is 14.1. The number of halogens is 3. The molecule has 0 atom stereocenters. The van der Waals surface area contributed by atoms with Crippen molar-refractivity contribution in [3.8, 4) is 0 Å². The van der Waals surface area contributed by atoms with Crippen LogP contribution in [0.15, 0.2) is 11.0 Å². The molecule has 0 saturated carbocycles. The van der Waals surface area contributed by atoms with Gasteiger partial charge >= 0.3 is 0 Å². The summed E-state index contributed by atoms with van der Waals surface area (Å²) in [7, 11) is -3.99. The fourth-order valence-electron chi connectivity index (χ4n) is 1.00. The van der Waals surface area contributed by atoms with E-state index >= 15 is 0 Å². The van der Waals surface area contributed by atoms with E-state index in [0.29, 0.717) is 0 Å². The first-order valence-corrected chi connectivity index (χ1v) is 6.34. The van der Waals surface area contributed by atoms with Crippen LogP contribution in [0.3, 0.4) is 0 Å². The summed E-state index contributed by atoms with van der Waals surface area (Å²) in [6, 6.07) is 1.17. The summed E-state index contributed by atoms with van der Waals surface area (Å²) in [5.41, 5.74) is -0.366. The first kappa shape index (κ1) is 12.7. The lowest BCUT2D eigenvalue weighted by atomic mass is 10.3. The largest absolute Gasteiger partial charge is 0.281 e. The highest BCUT2D eigenvalue weighted by atomic mass is 127. The van der Waals surface area contributed by atoms with Crippen molar-refractivity contribution in [2.75, 3.05) is 0 Å². The van der Waals surface area contributed by atoms with Crippen LogP contribution < -0.4 is 5.14 Å². The highest BCUT2D eigenvalue weighted by Crippen LogP contribution is 2.27. The molecule has 0 aromatic carbocycles. The molecule has 8 heteroatoms. The lowest BCUT2D eigenvalue weighted by molar-refractivity contribution is 0.144. The van der Waals surface area contributed by atoms with Gasteiger partial charge in [-0.05, 0) is 35.6 Å². The summed E-state index contributed by atoms with van der Waals surface area (Å²) in [4.78, 5) is 3.25. The van der Waals surface area contributed by atoms with Gasteiger partial charge < -0.3 is 0 Å². The van der Waals surface area contributed by atoms with E-state index in [1.165, 1.54) is 35.6 Å². The molecule has 0 aliphatic heterocycles. The Kier molecular flexibility index (Phi) is 3.61. The fraction of sp³-hybridized carbons (Fsp3) is 0.286. The predicted molar refractivity (Wildman–Crippen MR) is 58.0 cm³/mol. The molecular weight excluding hydrogens is 341 g/mol. The molecule has 1 aromatic rings. The van der Waals surface area contributed by atoms with Crippen LogP contribution in [0.4, 0.5) is 8.78 Å². The van der Waals surface area contributed by atoms with Crippen molar-refractivity contribution < 1.29 is 17.2 Å². The summed E-state index contributed by atoms with van der Waals surface area (Å²) in [5.74, 6) is 0. The summed E-state index contributed by atoms with van der Waals surface area (Å²) in [6.45, 7) is 1.43. The van der Waals surface area contributed by atoms with Crippen LogP contribution >= 0.6 is 22.6 Å². The van der Waals surface area contributed by atoms with E-state index in [1.807, 2.05) is 0 Å². The van der Waals surface area contributed by atoms with Crippen LogP contribution in [0.2, 0.25) is 0 Å². The van der Waals surface area contributed by atoms with Gasteiger partial charge in [0, 0.05) is 5.69 Å². The van der Waals surface area contributed by atoms with Crippen molar-refractivity contribution in [1.82, 2.24) is 4.98 Å². The van der Waals surface area contributed by atoms with E-state index < -0.39 is 22.1 Å². The minimum absolute atomic E-state index is 0.129. The zero-order valence-corrected chi connectivity index (χ0v) is 10.5. The molecule has 0 aliphatic carbocycles. The van der Waals surface area contributed by atoms with Gasteiger partial charge in [-0.25, -0.2) is 22.3 Å². The molecule has 2 N–H and O–H groups in total. The van der Waals surface area contributed by atoms with Gasteiger partial charge in [0.2, 0.25) is 10.0 Å². The van der Waals surface area contributed by atoms with Crippen LogP contribution in [0.1, 0.15) is 17.8 Å². The normalized spacial score (nSPS) is 12.1. The molecule has 0 aliphatic rings. The Morgan fingerprint density at radius 1 is 1.53 bits per heavy atom. The molecule has 4 nitrogen and oxygen atoms in total. The van der Waals surface area contributed by atoms with Crippen molar-refractivity contribution in [3.05, 3.63) is 21.0 Å². The number of rotatable bonds is 2. The third-order valence-corrected chi connectivity index (χ3v) is 4.03. The van der Waals surface area contributed by atoms with E-state index in [-0.39, 0.29) is 14.2 Å². The number of sulfonamides is 1. The number of aromatic nitrogens is 1. The van der Waals surface area contributed by atoms with Gasteiger partial charge in [0.15, 0.2) is 0 Å². The second-order valence-electron chi connectivity index (χ2n) is 2.81. The first-order valence-electron chi connectivity index (χ1n) is 3.71. The van der Waals surface area contributed by atoms with E-state index in [2.05, 4.69) is 4.98 Å². The van der Waals surface area contributed by atoms with Gasteiger partial charge in [0.25, 0.3) is 6.43 Å². The number of nitrogens with two attached hydrogens (primary N) is 1. The van der Waals surface area contributed by atoms with Crippen molar-refractivity contribution in [2.24, 2.45) is 5.14 Å². The fourth-order valence-corrected chi connectivity index (χ4v) is 3.12. The molecule has 0 fully saturated rings. The molecule has 0 unspecified atom stereocenters. The molecule has 0 saturated heterocycles. The molecule has 1 rings (SSSR count). The van der Waals surface area contributed by atoms with Crippen LogP contribution in [0.5, 0.6) is 0 Å². The summed E-state index contributed by atoms with van der Waals surface area (Å²) < 4.78 is 47.0. The maximum atomic E-state index is 12.5. The molecule has 0 radical (unpaired) electrons. The number of primary sulfonamides is 1. The first-order chi connectivity index (χ1) is 6.73. The topological polar surface area (TPSA) is 73.1 Å². The quantitative estimate of drug-likeness (QED) is 0.825. The zero-order valence-electron chi connectivity index (χ0n) is 7.54. The Morgan fingerprint density at radius 3 is 2.47 bits per heavy atom.